The Kier molecular flexibility index (Phi) is 61.0. The smallest absolute Gasteiger partial charge is 0.426 e. The van der Waals surface area contributed by atoms with E-state index in [2.05, 4.69) is 18.9 Å². The van der Waals surface area contributed by atoms with Gasteiger partial charge in [0.25, 0.3) is 0 Å². The van der Waals surface area contributed by atoms with Crippen molar-refractivity contribution in [3.8, 4) is 0 Å². The molecule has 33 heavy (non-hydrogen) atoms. The molecule has 0 aliphatic carbocycles. The summed E-state index contributed by atoms with van der Waals surface area (Å²) in [6.45, 7) is 7.90. The zero-order chi connectivity index (χ0) is 26.6. The van der Waals surface area contributed by atoms with Crippen LogP contribution in [-0.2, 0) is 49.9 Å². The van der Waals surface area contributed by atoms with Gasteiger partial charge in [0.1, 0.15) is 41.9 Å². The van der Waals surface area contributed by atoms with Crippen LogP contribution in [0.2, 0.25) is 6.04 Å². The van der Waals surface area contributed by atoms with Crippen molar-refractivity contribution in [2.24, 2.45) is 0 Å². The molecule has 0 amide bonds. The van der Waals surface area contributed by atoms with Gasteiger partial charge in [-0.25, -0.2) is 0 Å². The van der Waals surface area contributed by atoms with Gasteiger partial charge < -0.3 is 49.9 Å². The standard InChI is InChI=1S/C5H14O3Si.4C3H10O2Si/c1-5-9(6-2,7-3)8-4;4*1-4-2-3-5-6/h5H2,1-4H3;4*2-3H2,1,6H3. The van der Waals surface area contributed by atoms with Crippen molar-refractivity contribution in [2.45, 2.75) is 13.0 Å². The van der Waals surface area contributed by atoms with Crippen LogP contribution in [0.1, 0.15) is 6.92 Å². The van der Waals surface area contributed by atoms with E-state index in [1.807, 2.05) is 6.92 Å². The van der Waals surface area contributed by atoms with E-state index >= 15 is 0 Å². The fraction of sp³-hybridized carbons (Fsp3) is 1.00. The minimum absolute atomic E-state index is 0.726. The third-order valence-electron chi connectivity index (χ3n) is 3.33. The van der Waals surface area contributed by atoms with Crippen molar-refractivity contribution in [3.05, 3.63) is 0 Å². The van der Waals surface area contributed by atoms with Gasteiger partial charge in [0.2, 0.25) is 0 Å². The number of ether oxygens (including phenoxy) is 4. The molecule has 0 rings (SSSR count). The zero-order valence-corrected chi connectivity index (χ0v) is 32.4. The summed E-state index contributed by atoms with van der Waals surface area (Å²) in [4.78, 5) is 0. The lowest BCUT2D eigenvalue weighted by Gasteiger charge is -2.22. The van der Waals surface area contributed by atoms with E-state index in [1.54, 1.807) is 49.8 Å². The van der Waals surface area contributed by atoms with E-state index in [0.717, 1.165) is 101 Å². The monoisotopic (exact) mass is 574 g/mol. The fourth-order valence-corrected chi connectivity index (χ4v) is 3.38. The largest absolute Gasteiger partial charge is 0.499 e. The van der Waals surface area contributed by atoms with E-state index in [0.29, 0.717) is 0 Å². The first kappa shape index (κ1) is 43.7. The van der Waals surface area contributed by atoms with Crippen LogP contribution in [0.5, 0.6) is 0 Å². The van der Waals surface area contributed by atoms with Gasteiger partial charge in [-0.15, -0.1) is 0 Å². The third-order valence-corrected chi connectivity index (χ3v) is 7.70. The summed E-state index contributed by atoms with van der Waals surface area (Å²) in [7, 11) is 12.6. The van der Waals surface area contributed by atoms with Crippen molar-refractivity contribution in [1.29, 1.82) is 0 Å². The van der Waals surface area contributed by atoms with Crippen LogP contribution in [0.25, 0.3) is 0 Å². The average Bonchev–Trinajstić information content (AvgIpc) is 2.87. The Bertz CT molecular complexity index is 220. The molecule has 0 fully saturated rings. The number of hydrogen-bond acceptors (Lipinski definition) is 11. The normalized spacial score (nSPS) is 10.2. The Hall–Kier alpha value is 0.644. The summed E-state index contributed by atoms with van der Waals surface area (Å²) in [5.74, 6) is 0. The van der Waals surface area contributed by atoms with Crippen LogP contribution in [0, 0.1) is 0 Å². The molecule has 0 heterocycles. The SMILES string of the molecule is CC[Si](OC)(OC)OC.COCCO[SiH3].COCCO[SiH3].COCCO[SiH3].COCCO[SiH3]. The summed E-state index contributed by atoms with van der Waals surface area (Å²) in [6, 6.07) is 0.816. The first-order chi connectivity index (χ1) is 15.9. The molecule has 0 unspecified atom stereocenters. The number of methoxy groups -OCH3 is 4. The van der Waals surface area contributed by atoms with E-state index < -0.39 is 8.80 Å². The van der Waals surface area contributed by atoms with Crippen molar-refractivity contribution in [1.82, 2.24) is 0 Å². The highest BCUT2D eigenvalue weighted by Gasteiger charge is 2.34. The van der Waals surface area contributed by atoms with Crippen LogP contribution in [0.4, 0.5) is 0 Å². The Morgan fingerprint density at radius 1 is 0.424 bits per heavy atom. The van der Waals surface area contributed by atoms with Crippen LogP contribution >= 0.6 is 0 Å². The van der Waals surface area contributed by atoms with Crippen LogP contribution in [-0.4, -0.2) is 153 Å². The maximum absolute atomic E-state index is 5.08. The molecule has 16 heteroatoms. The van der Waals surface area contributed by atoms with Crippen molar-refractivity contribution in [3.63, 3.8) is 0 Å². The summed E-state index contributed by atoms with van der Waals surface area (Å²) in [5, 5.41) is 0. The lowest BCUT2D eigenvalue weighted by Crippen LogP contribution is -2.41. The topological polar surface area (TPSA) is 102 Å². The first-order valence-electron chi connectivity index (χ1n) is 10.5. The summed E-state index contributed by atoms with van der Waals surface area (Å²) in [5.41, 5.74) is 0. The molecule has 0 aromatic carbocycles. The molecule has 0 N–H and O–H groups in total. The summed E-state index contributed by atoms with van der Waals surface area (Å²) in [6.07, 6.45) is 0. The predicted octanol–water partition coefficient (Wildman–Crippen LogP) is -3.40. The maximum Gasteiger partial charge on any atom is 0.499 e. The molecule has 0 bridgehead atoms. The average molecular weight is 575 g/mol. The van der Waals surface area contributed by atoms with E-state index in [1.165, 1.54) is 0 Å². The molecule has 0 saturated heterocycles. The lowest BCUT2D eigenvalue weighted by molar-refractivity contribution is 0.125. The zero-order valence-electron chi connectivity index (χ0n) is 23.4. The van der Waals surface area contributed by atoms with Crippen LogP contribution in [0.3, 0.4) is 0 Å². The molecule has 0 aromatic heterocycles. The molecule has 0 atom stereocenters. The molecular weight excluding hydrogens is 521 g/mol. The molecule has 0 radical (unpaired) electrons. The molecule has 11 nitrogen and oxygen atoms in total. The van der Waals surface area contributed by atoms with Gasteiger partial charge in [0.05, 0.1) is 52.9 Å². The maximum atomic E-state index is 5.08. The highest BCUT2D eigenvalue weighted by Crippen LogP contribution is 2.10. The fourth-order valence-electron chi connectivity index (χ4n) is 1.35. The predicted molar refractivity (Wildman–Crippen MR) is 148 cm³/mol. The van der Waals surface area contributed by atoms with Gasteiger partial charge in [0.15, 0.2) is 0 Å². The molecular formula is C17H54O11Si5. The van der Waals surface area contributed by atoms with Gasteiger partial charge >= 0.3 is 8.80 Å². The second-order valence-electron chi connectivity index (χ2n) is 5.59. The van der Waals surface area contributed by atoms with E-state index in [-0.39, 0.29) is 0 Å². The third kappa shape index (κ3) is 50.5. The number of hydrogen-bond donors (Lipinski definition) is 0. The van der Waals surface area contributed by atoms with Crippen molar-refractivity contribution in [2.75, 3.05) is 103 Å². The second kappa shape index (κ2) is 46.0. The van der Waals surface area contributed by atoms with Gasteiger partial charge in [-0.3, -0.25) is 0 Å². The highest BCUT2D eigenvalue weighted by atomic mass is 28.4. The molecule has 0 saturated carbocycles. The lowest BCUT2D eigenvalue weighted by atomic mass is 10.8. The van der Waals surface area contributed by atoms with Crippen molar-refractivity contribution < 1.29 is 49.9 Å². The van der Waals surface area contributed by atoms with E-state index in [9.17, 15) is 0 Å². The minimum atomic E-state index is -2.19. The molecule has 0 aromatic rings. The first-order valence-corrected chi connectivity index (χ1v) is 15.7. The molecule has 0 aliphatic heterocycles. The Balaban J connectivity index is -0.000000100. The minimum Gasteiger partial charge on any atom is -0.426 e. The Morgan fingerprint density at radius 2 is 0.636 bits per heavy atom. The summed E-state index contributed by atoms with van der Waals surface area (Å²) >= 11 is 0. The molecule has 208 valence electrons. The molecule has 0 spiro atoms. The second-order valence-corrected chi connectivity index (χ2v) is 11.2. The highest BCUT2D eigenvalue weighted by molar-refractivity contribution is 6.60. The van der Waals surface area contributed by atoms with Crippen molar-refractivity contribution >= 4 is 50.7 Å². The van der Waals surface area contributed by atoms with Gasteiger partial charge in [-0.05, 0) is 0 Å². The van der Waals surface area contributed by atoms with E-state index in [4.69, 9.17) is 31.0 Å². The van der Waals surface area contributed by atoms with Crippen LogP contribution in [0.15, 0.2) is 0 Å². The number of rotatable bonds is 16. The van der Waals surface area contributed by atoms with Gasteiger partial charge in [-0.2, -0.15) is 0 Å². The molecule has 0 aliphatic rings. The van der Waals surface area contributed by atoms with Gasteiger partial charge in [-0.1, -0.05) is 6.92 Å². The Labute approximate surface area is 216 Å². The van der Waals surface area contributed by atoms with Crippen LogP contribution < -0.4 is 0 Å². The van der Waals surface area contributed by atoms with Gasteiger partial charge in [0, 0.05) is 55.8 Å². The Morgan fingerprint density at radius 3 is 0.667 bits per heavy atom. The summed E-state index contributed by atoms with van der Waals surface area (Å²) < 4.78 is 53.1. The quantitative estimate of drug-likeness (QED) is 0.136.